The summed E-state index contributed by atoms with van der Waals surface area (Å²) in [6.45, 7) is 1.90. The molecule has 2 nitrogen and oxygen atoms in total. The van der Waals surface area contributed by atoms with Crippen molar-refractivity contribution in [3.05, 3.63) is 0 Å². The number of hydrogen-bond donors (Lipinski definition) is 0. The van der Waals surface area contributed by atoms with Gasteiger partial charge in [0, 0.05) is 5.75 Å². The molecule has 0 fully saturated rings. The molecular weight excluding hydrogens is 163 g/mol. The van der Waals surface area contributed by atoms with E-state index >= 15 is 0 Å². The Kier molecular flexibility index (Phi) is 4.22. The predicted octanol–water partition coefficient (Wildman–Crippen LogP) is 1.04. The van der Waals surface area contributed by atoms with Gasteiger partial charge in [0.25, 0.3) is 0 Å². The Morgan fingerprint density at radius 1 is 1.56 bits per heavy atom. The van der Waals surface area contributed by atoms with Crippen molar-refractivity contribution in [3.8, 4) is 0 Å². The normalized spacial score (nSPS) is 11.8. The molecular formula is C4H9FO2S2. The Labute approximate surface area is 59.0 Å². The van der Waals surface area contributed by atoms with Gasteiger partial charge < -0.3 is 0 Å². The maximum Gasteiger partial charge on any atom is 0.303 e. The van der Waals surface area contributed by atoms with E-state index in [-0.39, 0.29) is 5.75 Å². The van der Waals surface area contributed by atoms with E-state index in [1.807, 2.05) is 6.92 Å². The summed E-state index contributed by atoms with van der Waals surface area (Å²) in [4.78, 5) is 0. The molecule has 0 saturated carbocycles. The summed E-state index contributed by atoms with van der Waals surface area (Å²) in [6.07, 6.45) is 0. The minimum Gasteiger partial charge on any atom is -0.195 e. The van der Waals surface area contributed by atoms with Gasteiger partial charge in [-0.2, -0.15) is 20.2 Å². The van der Waals surface area contributed by atoms with E-state index in [2.05, 4.69) is 0 Å². The molecule has 5 heteroatoms. The van der Waals surface area contributed by atoms with Gasteiger partial charge in [0.1, 0.15) is 0 Å². The van der Waals surface area contributed by atoms with E-state index in [4.69, 9.17) is 0 Å². The first-order valence-electron chi connectivity index (χ1n) is 2.56. The highest BCUT2D eigenvalue weighted by atomic mass is 32.3. The van der Waals surface area contributed by atoms with Crippen LogP contribution in [0.3, 0.4) is 0 Å². The van der Waals surface area contributed by atoms with E-state index in [1.165, 1.54) is 11.8 Å². The molecule has 0 aliphatic rings. The molecule has 0 aromatic carbocycles. The Morgan fingerprint density at radius 2 is 2.11 bits per heavy atom. The number of halogens is 1. The molecule has 0 aliphatic heterocycles. The summed E-state index contributed by atoms with van der Waals surface area (Å²) in [5.74, 6) is 0.830. The lowest BCUT2D eigenvalue weighted by Crippen LogP contribution is -2.00. The van der Waals surface area contributed by atoms with Crippen molar-refractivity contribution in [1.29, 1.82) is 0 Å². The molecule has 0 aromatic heterocycles. The maximum absolute atomic E-state index is 11.7. The van der Waals surface area contributed by atoms with Gasteiger partial charge in [-0.05, 0) is 5.75 Å². The van der Waals surface area contributed by atoms with Crippen molar-refractivity contribution in [3.63, 3.8) is 0 Å². The highest BCUT2D eigenvalue weighted by molar-refractivity contribution is 8.00. The van der Waals surface area contributed by atoms with E-state index in [1.54, 1.807) is 0 Å². The third kappa shape index (κ3) is 8.23. The van der Waals surface area contributed by atoms with Crippen LogP contribution in [-0.4, -0.2) is 25.7 Å². The van der Waals surface area contributed by atoms with Crippen LogP contribution in [0.25, 0.3) is 0 Å². The first-order chi connectivity index (χ1) is 4.06. The van der Waals surface area contributed by atoms with Crippen molar-refractivity contribution in [2.24, 2.45) is 0 Å². The number of thioether (sulfide) groups is 1. The van der Waals surface area contributed by atoms with Crippen LogP contribution in [0.1, 0.15) is 6.92 Å². The fourth-order valence-corrected chi connectivity index (χ4v) is 1.86. The number of hydrogen-bond acceptors (Lipinski definition) is 3. The van der Waals surface area contributed by atoms with Crippen LogP contribution in [0.2, 0.25) is 0 Å². The summed E-state index contributed by atoms with van der Waals surface area (Å²) in [6, 6.07) is 0. The molecule has 56 valence electrons. The molecule has 0 bridgehead atoms. The zero-order valence-corrected chi connectivity index (χ0v) is 6.77. The summed E-state index contributed by atoms with van der Waals surface area (Å²) in [5.41, 5.74) is 0. The third-order valence-corrected chi connectivity index (χ3v) is 2.53. The quantitative estimate of drug-likeness (QED) is 0.469. The monoisotopic (exact) mass is 172 g/mol. The van der Waals surface area contributed by atoms with Gasteiger partial charge in [-0.3, -0.25) is 0 Å². The summed E-state index contributed by atoms with van der Waals surface area (Å²) < 4.78 is 31.3. The van der Waals surface area contributed by atoms with Crippen molar-refractivity contribution >= 4 is 22.0 Å². The van der Waals surface area contributed by atoms with E-state index in [0.717, 1.165) is 5.75 Å². The second-order valence-electron chi connectivity index (χ2n) is 1.44. The van der Waals surface area contributed by atoms with Crippen LogP contribution >= 0.6 is 11.8 Å². The lowest BCUT2D eigenvalue weighted by molar-refractivity contribution is 0.554. The van der Waals surface area contributed by atoms with Gasteiger partial charge in [-0.1, -0.05) is 6.92 Å². The van der Waals surface area contributed by atoms with Crippen molar-refractivity contribution in [2.45, 2.75) is 6.92 Å². The van der Waals surface area contributed by atoms with Gasteiger partial charge >= 0.3 is 10.2 Å². The van der Waals surface area contributed by atoms with Gasteiger partial charge in [0.05, 0.1) is 5.75 Å². The Morgan fingerprint density at radius 3 is 2.44 bits per heavy atom. The molecule has 0 radical (unpaired) electrons. The van der Waals surface area contributed by atoms with Crippen LogP contribution < -0.4 is 0 Å². The second kappa shape index (κ2) is 4.11. The molecule has 0 spiro atoms. The molecule has 0 heterocycles. The third-order valence-electron chi connectivity index (χ3n) is 0.676. The predicted molar refractivity (Wildman–Crippen MR) is 37.9 cm³/mol. The van der Waals surface area contributed by atoms with Crippen molar-refractivity contribution < 1.29 is 12.3 Å². The highest BCUT2D eigenvalue weighted by Gasteiger charge is 2.04. The lowest BCUT2D eigenvalue weighted by atomic mass is 10.9. The number of rotatable bonds is 4. The Balaban J connectivity index is 3.30. The molecule has 0 amide bonds. The van der Waals surface area contributed by atoms with Crippen molar-refractivity contribution in [1.82, 2.24) is 0 Å². The molecule has 0 aromatic rings. The average molecular weight is 172 g/mol. The van der Waals surface area contributed by atoms with Crippen LogP contribution in [0.4, 0.5) is 3.89 Å². The van der Waals surface area contributed by atoms with Gasteiger partial charge in [-0.25, -0.2) is 0 Å². The maximum atomic E-state index is 11.7. The van der Waals surface area contributed by atoms with E-state index in [9.17, 15) is 12.3 Å². The van der Waals surface area contributed by atoms with Crippen LogP contribution in [0, 0.1) is 0 Å². The smallest absolute Gasteiger partial charge is 0.195 e. The molecule has 0 unspecified atom stereocenters. The van der Waals surface area contributed by atoms with Gasteiger partial charge in [-0.15, -0.1) is 3.89 Å². The largest absolute Gasteiger partial charge is 0.303 e. The van der Waals surface area contributed by atoms with Gasteiger partial charge in [0.2, 0.25) is 0 Å². The standard InChI is InChI=1S/C4H9FO2S2/c1-2-8-3-4-9(5,6)7/h2-4H2,1H3. The summed E-state index contributed by atoms with van der Waals surface area (Å²) in [7, 11) is -4.22. The molecule has 0 atom stereocenters. The lowest BCUT2D eigenvalue weighted by Gasteiger charge is -1.91. The Hall–Kier alpha value is 0.230. The molecule has 0 saturated heterocycles. The first kappa shape index (κ1) is 9.23. The Bertz CT molecular complexity index is 152. The van der Waals surface area contributed by atoms with E-state index in [0.29, 0.717) is 5.75 Å². The van der Waals surface area contributed by atoms with Crippen molar-refractivity contribution in [2.75, 3.05) is 17.3 Å². The summed E-state index contributed by atoms with van der Waals surface area (Å²) >= 11 is 1.42. The minimum atomic E-state index is -4.22. The van der Waals surface area contributed by atoms with Crippen LogP contribution in [0.5, 0.6) is 0 Å². The van der Waals surface area contributed by atoms with Crippen LogP contribution in [-0.2, 0) is 10.2 Å². The second-order valence-corrected chi connectivity index (χ2v) is 4.32. The fraction of sp³-hybridized carbons (Fsp3) is 1.00. The van der Waals surface area contributed by atoms with Crippen LogP contribution in [0.15, 0.2) is 0 Å². The minimum absolute atomic E-state index is 0.356. The average Bonchev–Trinajstić information content (AvgIpc) is 1.63. The SMILES string of the molecule is CCSCCS(=O)(=O)F. The first-order valence-corrected chi connectivity index (χ1v) is 5.27. The zero-order valence-electron chi connectivity index (χ0n) is 5.13. The van der Waals surface area contributed by atoms with E-state index < -0.39 is 10.2 Å². The molecule has 9 heavy (non-hydrogen) atoms. The molecule has 0 rings (SSSR count). The molecule has 0 aliphatic carbocycles. The fourth-order valence-electron chi connectivity index (χ4n) is 0.303. The molecule has 0 N–H and O–H groups in total. The zero-order chi connectivity index (χ0) is 7.33. The highest BCUT2D eigenvalue weighted by Crippen LogP contribution is 2.01. The topological polar surface area (TPSA) is 34.1 Å². The van der Waals surface area contributed by atoms with Gasteiger partial charge in [0.15, 0.2) is 0 Å². The summed E-state index contributed by atoms with van der Waals surface area (Å²) in [5, 5.41) is 0.